The van der Waals surface area contributed by atoms with Gasteiger partial charge in [-0.25, -0.2) is 19.2 Å². The molecule has 11 nitrogen and oxygen atoms in total. The van der Waals surface area contributed by atoms with Crippen molar-refractivity contribution in [3.8, 4) is 28.4 Å². The molecule has 13 heteroatoms. The van der Waals surface area contributed by atoms with Crippen molar-refractivity contribution >= 4 is 23.5 Å². The van der Waals surface area contributed by atoms with Crippen LogP contribution in [-0.2, 0) is 4.74 Å². The van der Waals surface area contributed by atoms with Gasteiger partial charge >= 0.3 is 6.09 Å². The number of hydrogen-bond donors (Lipinski definition) is 3. The predicted molar refractivity (Wildman–Crippen MR) is 144 cm³/mol. The molecule has 3 heterocycles. The van der Waals surface area contributed by atoms with Gasteiger partial charge < -0.3 is 34.6 Å². The van der Waals surface area contributed by atoms with Crippen LogP contribution in [0.1, 0.15) is 17.0 Å². The van der Waals surface area contributed by atoms with Gasteiger partial charge in [-0.3, -0.25) is 0 Å². The highest BCUT2D eigenvalue weighted by atomic mass is 35.5. The van der Waals surface area contributed by atoms with Crippen molar-refractivity contribution in [1.82, 2.24) is 25.3 Å². The number of aromatic nitrogens is 3. The van der Waals surface area contributed by atoms with Gasteiger partial charge in [0.25, 0.3) is 0 Å². The number of alkyl halides is 1. The highest BCUT2D eigenvalue weighted by Crippen LogP contribution is 2.36. The standard InChI is InChI=1S/C26H32ClFN6O5/c1-13-23(22-14(2)33-39-15(22)3)31-25(18-8-17(6-7-19(18)27)38-12-16(35)9-29-4)32-24(13)30-21-11-34(10-20(21)28)26(36)37-5/h6-8,16,20-21,29,35H,9-12H2,1-5H3,(H,30,31,32)/t16-,20+,21+/m1/s1. The number of nitrogens with one attached hydrogen (secondary N) is 2. The number of carbonyl (C=O) groups excluding carboxylic acids is 1. The third-order valence-corrected chi connectivity index (χ3v) is 6.81. The molecule has 1 fully saturated rings. The fourth-order valence-electron chi connectivity index (χ4n) is 4.45. The van der Waals surface area contributed by atoms with E-state index in [1.807, 2.05) is 6.92 Å². The van der Waals surface area contributed by atoms with Gasteiger partial charge in [-0.15, -0.1) is 0 Å². The molecule has 3 atom stereocenters. The van der Waals surface area contributed by atoms with Gasteiger partial charge in [-0.2, -0.15) is 0 Å². The first kappa shape index (κ1) is 28.5. The van der Waals surface area contributed by atoms with E-state index in [-0.39, 0.29) is 25.5 Å². The van der Waals surface area contributed by atoms with E-state index < -0.39 is 24.4 Å². The first-order valence-corrected chi connectivity index (χ1v) is 12.8. The Morgan fingerprint density at radius 2 is 2.08 bits per heavy atom. The number of aryl methyl sites for hydroxylation is 2. The third-order valence-electron chi connectivity index (χ3n) is 6.48. The Morgan fingerprint density at radius 1 is 1.31 bits per heavy atom. The summed E-state index contributed by atoms with van der Waals surface area (Å²) in [5, 5.41) is 20.5. The molecule has 1 aliphatic rings. The average Bonchev–Trinajstić information content (AvgIpc) is 3.45. The summed E-state index contributed by atoms with van der Waals surface area (Å²) in [6, 6.07) is 4.31. The fourth-order valence-corrected chi connectivity index (χ4v) is 4.65. The largest absolute Gasteiger partial charge is 0.491 e. The summed E-state index contributed by atoms with van der Waals surface area (Å²) in [6.45, 7) is 5.86. The van der Waals surface area contributed by atoms with Crippen LogP contribution in [0.5, 0.6) is 5.75 Å². The smallest absolute Gasteiger partial charge is 0.409 e. The molecule has 0 aliphatic carbocycles. The molecule has 4 rings (SSSR count). The van der Waals surface area contributed by atoms with Crippen LogP contribution < -0.4 is 15.4 Å². The lowest BCUT2D eigenvalue weighted by Gasteiger charge is -2.20. The van der Waals surface area contributed by atoms with E-state index in [1.54, 1.807) is 39.1 Å². The first-order valence-electron chi connectivity index (χ1n) is 12.4. The van der Waals surface area contributed by atoms with Crippen LogP contribution in [0.15, 0.2) is 22.7 Å². The van der Waals surface area contributed by atoms with Crippen molar-refractivity contribution in [1.29, 1.82) is 0 Å². The van der Waals surface area contributed by atoms with Crippen molar-refractivity contribution < 1.29 is 28.3 Å². The van der Waals surface area contributed by atoms with E-state index in [0.29, 0.717) is 57.0 Å². The maximum Gasteiger partial charge on any atom is 0.409 e. The summed E-state index contributed by atoms with van der Waals surface area (Å²) in [6.07, 6.45) is -2.63. The second-order valence-electron chi connectivity index (χ2n) is 9.37. The normalized spacial score (nSPS) is 17.8. The lowest BCUT2D eigenvalue weighted by molar-refractivity contribution is 0.108. The quantitative estimate of drug-likeness (QED) is 0.355. The number of aliphatic hydroxyl groups is 1. The summed E-state index contributed by atoms with van der Waals surface area (Å²) in [5.41, 5.74) is 3.00. The molecule has 3 N–H and O–H groups in total. The molecule has 1 aromatic carbocycles. The maximum atomic E-state index is 15.0. The van der Waals surface area contributed by atoms with Crippen molar-refractivity contribution in [2.24, 2.45) is 0 Å². The highest BCUT2D eigenvalue weighted by Gasteiger charge is 2.37. The zero-order valence-corrected chi connectivity index (χ0v) is 23.2. The topological polar surface area (TPSA) is 135 Å². The van der Waals surface area contributed by atoms with Gasteiger partial charge in [0.2, 0.25) is 0 Å². The second kappa shape index (κ2) is 12.1. The second-order valence-corrected chi connectivity index (χ2v) is 9.78. The van der Waals surface area contributed by atoms with Gasteiger partial charge in [-0.05, 0) is 46.0 Å². The molecule has 3 aromatic rings. The number of likely N-dealkylation sites (tertiary alicyclic amines) is 1. The number of likely N-dealkylation sites (N-methyl/N-ethyl adjacent to an activating group) is 1. The molecule has 39 heavy (non-hydrogen) atoms. The molecule has 0 saturated carbocycles. The molecule has 0 spiro atoms. The van der Waals surface area contributed by atoms with Gasteiger partial charge in [0, 0.05) is 24.2 Å². The minimum absolute atomic E-state index is 0.0735. The van der Waals surface area contributed by atoms with Crippen molar-refractivity contribution in [3.63, 3.8) is 0 Å². The lowest BCUT2D eigenvalue weighted by atomic mass is 10.0. The number of ether oxygens (including phenoxy) is 2. The van der Waals surface area contributed by atoms with Crippen LogP contribution in [0.4, 0.5) is 15.0 Å². The number of amides is 1. The SMILES string of the molecule is CNC[C@@H](O)COc1ccc(Cl)c(-c2nc(N[C@H]3CN(C(=O)OC)C[C@@H]3F)c(C)c(-c3c(C)noc3C)n2)c1. The average molecular weight is 563 g/mol. The zero-order valence-electron chi connectivity index (χ0n) is 22.4. The first-order chi connectivity index (χ1) is 18.6. The number of rotatable bonds is 9. The minimum Gasteiger partial charge on any atom is -0.491 e. The molecule has 0 radical (unpaired) electrons. The monoisotopic (exact) mass is 562 g/mol. The Labute approximate surface area is 230 Å². The van der Waals surface area contributed by atoms with Crippen molar-refractivity contribution in [3.05, 3.63) is 40.2 Å². The number of nitrogens with zero attached hydrogens (tertiary/aromatic N) is 4. The van der Waals surface area contributed by atoms with E-state index in [2.05, 4.69) is 15.8 Å². The van der Waals surface area contributed by atoms with Crippen LogP contribution in [0.25, 0.3) is 22.6 Å². The Kier molecular flexibility index (Phi) is 8.88. The Hall–Kier alpha value is -3.48. The molecule has 1 amide bonds. The molecule has 1 saturated heterocycles. The van der Waals surface area contributed by atoms with Crippen LogP contribution in [0.3, 0.4) is 0 Å². The summed E-state index contributed by atoms with van der Waals surface area (Å²) in [7, 11) is 3.00. The summed E-state index contributed by atoms with van der Waals surface area (Å²) < 4.78 is 30.9. The number of aliphatic hydroxyl groups excluding tert-OH is 1. The summed E-state index contributed by atoms with van der Waals surface area (Å²) in [5.74, 6) is 1.67. The molecule has 1 aliphatic heterocycles. The van der Waals surface area contributed by atoms with Gasteiger partial charge in [0.05, 0.1) is 41.7 Å². The number of benzene rings is 1. The number of hydrogen-bond acceptors (Lipinski definition) is 10. The van der Waals surface area contributed by atoms with Crippen molar-refractivity contribution in [2.45, 2.75) is 39.1 Å². The van der Waals surface area contributed by atoms with Gasteiger partial charge in [0.1, 0.15) is 36.2 Å². The van der Waals surface area contributed by atoms with E-state index >= 15 is 0 Å². The molecule has 0 unspecified atom stereocenters. The number of carbonyl (C=O) groups is 1. The van der Waals surface area contributed by atoms with Crippen LogP contribution in [0, 0.1) is 20.8 Å². The van der Waals surface area contributed by atoms with E-state index in [1.165, 1.54) is 12.0 Å². The summed E-state index contributed by atoms with van der Waals surface area (Å²) >= 11 is 6.57. The maximum absolute atomic E-state index is 15.0. The van der Waals surface area contributed by atoms with E-state index in [0.717, 1.165) is 0 Å². The Bertz CT molecular complexity index is 1320. The Balaban J connectivity index is 1.75. The lowest BCUT2D eigenvalue weighted by Crippen LogP contribution is -2.32. The van der Waals surface area contributed by atoms with Gasteiger partial charge in [0.15, 0.2) is 5.82 Å². The van der Waals surface area contributed by atoms with Crippen LogP contribution in [0.2, 0.25) is 5.02 Å². The van der Waals surface area contributed by atoms with Crippen LogP contribution in [-0.4, -0.2) is 89.9 Å². The molecular weight excluding hydrogens is 531 g/mol. The third kappa shape index (κ3) is 6.23. The predicted octanol–water partition coefficient (Wildman–Crippen LogP) is 3.54. The number of anilines is 1. The van der Waals surface area contributed by atoms with E-state index in [4.69, 9.17) is 35.6 Å². The highest BCUT2D eigenvalue weighted by molar-refractivity contribution is 6.33. The molecule has 210 valence electrons. The van der Waals surface area contributed by atoms with Crippen molar-refractivity contribution in [2.75, 3.05) is 45.7 Å². The minimum atomic E-state index is -1.34. The molecule has 2 aromatic heterocycles. The summed E-state index contributed by atoms with van der Waals surface area (Å²) in [4.78, 5) is 22.8. The molecule has 0 bridgehead atoms. The van der Waals surface area contributed by atoms with Crippen LogP contribution >= 0.6 is 11.6 Å². The molecular formula is C26H32ClFN6O5. The van der Waals surface area contributed by atoms with Gasteiger partial charge in [-0.1, -0.05) is 16.8 Å². The van der Waals surface area contributed by atoms with E-state index in [9.17, 15) is 14.3 Å². The fraction of sp³-hybridized carbons (Fsp3) is 0.462. The number of methoxy groups -OCH3 is 1. The zero-order chi connectivity index (χ0) is 28.3. The number of halogens is 2. The Morgan fingerprint density at radius 3 is 2.74 bits per heavy atom.